The van der Waals surface area contributed by atoms with Crippen molar-refractivity contribution < 1.29 is 17.7 Å². The highest BCUT2D eigenvalue weighted by molar-refractivity contribution is 7.89. The van der Waals surface area contributed by atoms with Crippen LogP contribution in [0, 0.1) is 6.92 Å². The first-order valence-electron chi connectivity index (χ1n) is 10.5. The Labute approximate surface area is 192 Å². The van der Waals surface area contributed by atoms with E-state index in [1.54, 1.807) is 38.2 Å². The number of sulfonamides is 1. The molecule has 0 radical (unpaired) electrons. The van der Waals surface area contributed by atoms with Crippen LogP contribution in [0.1, 0.15) is 54.9 Å². The average Bonchev–Trinajstić information content (AvgIpc) is 3.41. The summed E-state index contributed by atoms with van der Waals surface area (Å²) in [5.74, 6) is 0.952. The van der Waals surface area contributed by atoms with Crippen molar-refractivity contribution in [2.24, 2.45) is 0 Å². The van der Waals surface area contributed by atoms with E-state index in [4.69, 9.17) is 4.52 Å². The Morgan fingerprint density at radius 3 is 2.72 bits per heavy atom. The fourth-order valence-corrected chi connectivity index (χ4v) is 5.05. The zero-order chi connectivity index (χ0) is 23.1. The largest absolute Gasteiger partial charge is 0.352 e. The van der Waals surface area contributed by atoms with Crippen LogP contribution >= 0.6 is 11.3 Å². The van der Waals surface area contributed by atoms with Gasteiger partial charge in [-0.3, -0.25) is 4.79 Å². The Kier molecular flexibility index (Phi) is 8.16. The zero-order valence-corrected chi connectivity index (χ0v) is 20.1. The zero-order valence-electron chi connectivity index (χ0n) is 18.4. The van der Waals surface area contributed by atoms with E-state index in [1.807, 2.05) is 17.5 Å². The van der Waals surface area contributed by atoms with Crippen molar-refractivity contribution in [1.29, 1.82) is 0 Å². The monoisotopic (exact) mass is 476 g/mol. The number of hydrogen-bond donors (Lipinski definition) is 2. The predicted molar refractivity (Wildman–Crippen MR) is 124 cm³/mol. The maximum absolute atomic E-state index is 12.6. The molecule has 2 heterocycles. The number of amides is 1. The molecule has 172 valence electrons. The first-order chi connectivity index (χ1) is 15.3. The van der Waals surface area contributed by atoms with Crippen LogP contribution in [0.2, 0.25) is 0 Å². The van der Waals surface area contributed by atoms with Gasteiger partial charge in [0.1, 0.15) is 0 Å². The van der Waals surface area contributed by atoms with E-state index in [2.05, 4.69) is 20.2 Å². The summed E-state index contributed by atoms with van der Waals surface area (Å²) in [6.45, 7) is 5.79. The summed E-state index contributed by atoms with van der Waals surface area (Å²) in [6.07, 6.45) is 3.25. The number of nitrogens with zero attached hydrogens (tertiary/aromatic N) is 2. The van der Waals surface area contributed by atoms with Crippen molar-refractivity contribution in [3.63, 3.8) is 0 Å². The molecule has 3 aromatic rings. The molecule has 0 aliphatic heterocycles. The molecule has 1 aromatic carbocycles. The van der Waals surface area contributed by atoms with E-state index in [-0.39, 0.29) is 16.8 Å². The molecule has 2 N–H and O–H groups in total. The van der Waals surface area contributed by atoms with E-state index >= 15 is 0 Å². The lowest BCUT2D eigenvalue weighted by atomic mass is 10.1. The van der Waals surface area contributed by atoms with Crippen LogP contribution in [-0.2, 0) is 16.4 Å². The molecular formula is C22H28N4O4S2. The number of benzene rings is 1. The van der Waals surface area contributed by atoms with E-state index in [1.165, 1.54) is 12.1 Å². The molecule has 0 unspecified atom stereocenters. The first-order valence-corrected chi connectivity index (χ1v) is 12.9. The molecule has 0 saturated heterocycles. The van der Waals surface area contributed by atoms with Crippen molar-refractivity contribution in [3.8, 4) is 10.7 Å². The topological polar surface area (TPSA) is 114 Å². The Morgan fingerprint density at radius 1 is 1.19 bits per heavy atom. The summed E-state index contributed by atoms with van der Waals surface area (Å²) in [6, 6.07) is 8.26. The van der Waals surface area contributed by atoms with Gasteiger partial charge in [0.05, 0.1) is 9.77 Å². The summed E-state index contributed by atoms with van der Waals surface area (Å²) in [5.41, 5.74) is 1.09. The van der Waals surface area contributed by atoms with E-state index in [9.17, 15) is 13.2 Å². The van der Waals surface area contributed by atoms with Gasteiger partial charge in [-0.2, -0.15) is 4.98 Å². The second-order valence-corrected chi connectivity index (χ2v) is 10.5. The van der Waals surface area contributed by atoms with Gasteiger partial charge < -0.3 is 9.84 Å². The molecule has 3 rings (SSSR count). The Bertz CT molecular complexity index is 1140. The molecule has 0 atom stereocenters. The second-order valence-electron chi connectivity index (χ2n) is 7.81. The normalized spacial score (nSPS) is 11.8. The molecule has 0 saturated carbocycles. The maximum atomic E-state index is 12.6. The Morgan fingerprint density at radius 2 is 2.00 bits per heavy atom. The van der Waals surface area contributed by atoms with Gasteiger partial charge in [0, 0.05) is 24.6 Å². The maximum Gasteiger partial charge on any atom is 0.251 e. The van der Waals surface area contributed by atoms with E-state index in [0.717, 1.165) is 29.7 Å². The minimum atomic E-state index is -3.65. The molecule has 1 amide bonds. The molecule has 2 aromatic heterocycles. The van der Waals surface area contributed by atoms with Crippen LogP contribution in [0.3, 0.4) is 0 Å². The number of carbonyl (C=O) groups excluding carboxylic acids is 1. The highest BCUT2D eigenvalue weighted by Crippen LogP contribution is 2.21. The molecule has 8 nitrogen and oxygen atoms in total. The average molecular weight is 477 g/mol. The number of rotatable bonds is 11. The van der Waals surface area contributed by atoms with Crippen LogP contribution in [0.5, 0.6) is 0 Å². The fourth-order valence-electron chi connectivity index (χ4n) is 3.13. The minimum absolute atomic E-state index is 0.0865. The summed E-state index contributed by atoms with van der Waals surface area (Å²) in [7, 11) is -3.65. The van der Waals surface area contributed by atoms with Crippen molar-refractivity contribution in [1.82, 2.24) is 20.2 Å². The lowest BCUT2D eigenvalue weighted by molar-refractivity contribution is 0.0952. The summed E-state index contributed by atoms with van der Waals surface area (Å²) in [4.78, 5) is 18.0. The molecule has 0 aliphatic rings. The van der Waals surface area contributed by atoms with Crippen LogP contribution in [0.25, 0.3) is 10.7 Å². The number of nitrogens with one attached hydrogen (secondary N) is 2. The van der Waals surface area contributed by atoms with Gasteiger partial charge in [-0.15, -0.1) is 11.3 Å². The molecule has 32 heavy (non-hydrogen) atoms. The summed E-state index contributed by atoms with van der Waals surface area (Å²) >= 11 is 1.57. The number of hydrogen-bond acceptors (Lipinski definition) is 7. The Hall–Kier alpha value is -2.56. The van der Waals surface area contributed by atoms with Crippen LogP contribution < -0.4 is 10.0 Å². The second kappa shape index (κ2) is 10.8. The third-order valence-electron chi connectivity index (χ3n) is 4.72. The van der Waals surface area contributed by atoms with Crippen molar-refractivity contribution in [3.05, 3.63) is 52.7 Å². The van der Waals surface area contributed by atoms with Crippen molar-refractivity contribution >= 4 is 27.3 Å². The SMILES string of the molecule is Cc1ccc(S(=O)(=O)NC(C)C)cc1C(=O)NCCCCCc1nc(-c2cccs2)no1. The number of aryl methyl sites for hydroxylation is 2. The highest BCUT2D eigenvalue weighted by atomic mass is 32.2. The van der Waals surface area contributed by atoms with Crippen molar-refractivity contribution in [2.75, 3.05) is 6.54 Å². The van der Waals surface area contributed by atoms with Gasteiger partial charge in [-0.1, -0.05) is 23.7 Å². The van der Waals surface area contributed by atoms with Crippen LogP contribution in [0.4, 0.5) is 0 Å². The molecule has 0 fully saturated rings. The minimum Gasteiger partial charge on any atom is -0.352 e. The smallest absolute Gasteiger partial charge is 0.251 e. The van der Waals surface area contributed by atoms with Gasteiger partial charge >= 0.3 is 0 Å². The number of aromatic nitrogens is 2. The van der Waals surface area contributed by atoms with Crippen molar-refractivity contribution in [2.45, 2.75) is 57.4 Å². The lowest BCUT2D eigenvalue weighted by Gasteiger charge is -2.12. The first kappa shape index (κ1) is 24.1. The quantitative estimate of drug-likeness (QED) is 0.405. The third-order valence-corrected chi connectivity index (χ3v) is 7.24. The molecule has 10 heteroatoms. The number of unbranched alkanes of at least 4 members (excludes halogenated alkanes) is 2. The highest BCUT2D eigenvalue weighted by Gasteiger charge is 2.18. The fraction of sp³-hybridized carbons (Fsp3) is 0.409. The molecular weight excluding hydrogens is 448 g/mol. The molecule has 0 bridgehead atoms. The van der Waals surface area contributed by atoms with Gasteiger partial charge in [-0.05, 0) is 62.8 Å². The molecule has 0 spiro atoms. The number of thiophene rings is 1. The van der Waals surface area contributed by atoms with Gasteiger partial charge in [0.15, 0.2) is 0 Å². The van der Waals surface area contributed by atoms with E-state index in [0.29, 0.717) is 30.2 Å². The van der Waals surface area contributed by atoms with Crippen LogP contribution in [0.15, 0.2) is 45.1 Å². The third kappa shape index (κ3) is 6.47. The van der Waals surface area contributed by atoms with Gasteiger partial charge in [0.25, 0.3) is 5.91 Å². The van der Waals surface area contributed by atoms with Crippen LogP contribution in [-0.4, -0.2) is 37.1 Å². The predicted octanol–water partition coefficient (Wildman–Crippen LogP) is 3.94. The van der Waals surface area contributed by atoms with Gasteiger partial charge in [-0.25, -0.2) is 13.1 Å². The number of carbonyl (C=O) groups is 1. The lowest BCUT2D eigenvalue weighted by Crippen LogP contribution is -2.31. The van der Waals surface area contributed by atoms with E-state index < -0.39 is 10.0 Å². The summed E-state index contributed by atoms with van der Waals surface area (Å²) < 4.78 is 32.6. The summed E-state index contributed by atoms with van der Waals surface area (Å²) in [5, 5.41) is 8.85. The Balaban J connectivity index is 1.44. The van der Waals surface area contributed by atoms with Gasteiger partial charge in [0.2, 0.25) is 21.7 Å². The molecule has 0 aliphatic carbocycles. The standard InChI is InChI=1S/C22H28N4O4S2/c1-15(2)26-32(28,29)17-11-10-16(3)18(14-17)22(27)23-12-6-4-5-9-20-24-21(25-30-20)19-8-7-13-31-19/h7-8,10-11,13-15,26H,4-6,9,12H2,1-3H3,(H,23,27).